The minimum atomic E-state index is -2.64. The molecule has 210 valence electrons. The third-order valence-corrected chi connectivity index (χ3v) is 9.15. The number of Topliss-reactive ketones (excluding diaryl/α,β-unsaturated/α-hetero) is 4. The zero-order valence-corrected chi connectivity index (χ0v) is 22.3. The molecule has 0 radical (unpaired) electrons. The second-order valence-electron chi connectivity index (χ2n) is 11.7. The van der Waals surface area contributed by atoms with Crippen LogP contribution in [0.2, 0.25) is 0 Å². The van der Waals surface area contributed by atoms with Gasteiger partial charge >= 0.3 is 0 Å². The summed E-state index contributed by atoms with van der Waals surface area (Å²) in [6.45, 7) is 3.03. The highest BCUT2D eigenvalue weighted by Crippen LogP contribution is 2.51. The van der Waals surface area contributed by atoms with Gasteiger partial charge in [-0.05, 0) is 68.8 Å². The molecule has 1 aromatic carbocycles. The monoisotopic (exact) mass is 540 g/mol. The molecule has 2 unspecified atom stereocenters. The summed E-state index contributed by atoms with van der Waals surface area (Å²) in [5, 5.41) is 29.4. The standard InChI is InChI=1S/C28H36N4O7/c1-32(2)18-9-15(12-31-11-13-3-5-30-6-4-13)23(34)21-17(18)8-14-7-16-10-19(33)22(27(29)38)26(37)28(16,39)25(36)20(14)24(21)35/h9,13-14,16,20,22,30-31,34,39H,3-8,10-12H2,1-2H3,(H2,29,38)/t14-,16+,20?,22?,28+/m1/s1. The first-order valence-corrected chi connectivity index (χ1v) is 13.6. The maximum Gasteiger partial charge on any atom is 0.235 e. The predicted octanol–water partition coefficient (Wildman–Crippen LogP) is -0.518. The molecule has 4 aliphatic rings. The van der Waals surface area contributed by atoms with Gasteiger partial charge in [0.1, 0.15) is 5.75 Å². The molecular weight excluding hydrogens is 504 g/mol. The molecule has 5 rings (SSSR count). The van der Waals surface area contributed by atoms with E-state index in [-0.39, 0.29) is 30.6 Å². The van der Waals surface area contributed by atoms with Crippen molar-refractivity contribution in [3.63, 3.8) is 0 Å². The van der Waals surface area contributed by atoms with Crippen LogP contribution in [-0.4, -0.2) is 78.6 Å². The number of piperidine rings is 1. The van der Waals surface area contributed by atoms with Gasteiger partial charge in [-0.25, -0.2) is 0 Å². The number of phenolic OH excluding ortho intramolecular Hbond substituents is 1. The number of rotatable bonds is 6. The molecule has 1 aromatic rings. The quantitative estimate of drug-likeness (QED) is 0.295. The summed E-state index contributed by atoms with van der Waals surface area (Å²) in [7, 11) is 3.67. The van der Waals surface area contributed by atoms with Crippen molar-refractivity contribution in [2.75, 3.05) is 38.6 Å². The van der Waals surface area contributed by atoms with Crippen LogP contribution < -0.4 is 21.3 Å². The largest absolute Gasteiger partial charge is 0.507 e. The third kappa shape index (κ3) is 4.36. The van der Waals surface area contributed by atoms with Crippen LogP contribution in [-0.2, 0) is 32.1 Å². The van der Waals surface area contributed by atoms with Crippen molar-refractivity contribution in [3.05, 3.63) is 22.8 Å². The number of nitrogens with one attached hydrogen (secondary N) is 2. The molecule has 6 N–H and O–H groups in total. The van der Waals surface area contributed by atoms with Gasteiger partial charge in [-0.3, -0.25) is 24.0 Å². The van der Waals surface area contributed by atoms with Gasteiger partial charge < -0.3 is 31.5 Å². The topological polar surface area (TPSA) is 179 Å². The molecule has 1 amide bonds. The Morgan fingerprint density at radius 3 is 2.49 bits per heavy atom. The van der Waals surface area contributed by atoms with Crippen molar-refractivity contribution in [2.24, 2.45) is 35.3 Å². The summed E-state index contributed by atoms with van der Waals surface area (Å²) < 4.78 is 0. The molecule has 2 saturated carbocycles. The van der Waals surface area contributed by atoms with Crippen LogP contribution in [0.25, 0.3) is 0 Å². The van der Waals surface area contributed by atoms with Crippen LogP contribution in [0.3, 0.4) is 0 Å². The van der Waals surface area contributed by atoms with Gasteiger partial charge in [0.15, 0.2) is 34.7 Å². The summed E-state index contributed by atoms with van der Waals surface area (Å²) in [5.74, 6) is -9.42. The fraction of sp³-hybridized carbons (Fsp3) is 0.607. The van der Waals surface area contributed by atoms with Gasteiger partial charge in [0.2, 0.25) is 5.91 Å². The molecule has 1 saturated heterocycles. The molecule has 3 aliphatic carbocycles. The number of phenols is 1. The first-order chi connectivity index (χ1) is 18.5. The highest BCUT2D eigenvalue weighted by Gasteiger charge is 2.66. The molecule has 11 heteroatoms. The number of ketones is 4. The molecule has 0 aromatic heterocycles. The minimum Gasteiger partial charge on any atom is -0.507 e. The fourth-order valence-corrected chi connectivity index (χ4v) is 7.10. The number of fused-ring (bicyclic) bond motifs is 3. The number of nitrogens with two attached hydrogens (primary N) is 1. The van der Waals surface area contributed by atoms with Crippen molar-refractivity contribution in [2.45, 2.75) is 44.2 Å². The van der Waals surface area contributed by atoms with E-state index in [1.54, 1.807) is 0 Å². The number of hydrogen-bond donors (Lipinski definition) is 5. The van der Waals surface area contributed by atoms with Crippen LogP contribution in [0, 0.1) is 29.6 Å². The number of carbonyl (C=O) groups excluding carboxylic acids is 5. The average Bonchev–Trinajstić information content (AvgIpc) is 2.87. The van der Waals surface area contributed by atoms with E-state index in [0.29, 0.717) is 23.6 Å². The summed E-state index contributed by atoms with van der Waals surface area (Å²) in [6.07, 6.45) is 2.10. The Hall–Kier alpha value is -3.15. The van der Waals surface area contributed by atoms with Crippen molar-refractivity contribution < 1.29 is 34.2 Å². The molecule has 0 spiro atoms. The molecule has 0 bridgehead atoms. The maximum absolute atomic E-state index is 13.9. The number of anilines is 1. The average molecular weight is 541 g/mol. The molecule has 1 heterocycles. The number of primary amides is 1. The summed E-state index contributed by atoms with van der Waals surface area (Å²) in [6, 6.07) is 1.85. The molecule has 3 fully saturated rings. The lowest BCUT2D eigenvalue weighted by atomic mass is 9.53. The van der Waals surface area contributed by atoms with E-state index in [9.17, 15) is 34.2 Å². The Morgan fingerprint density at radius 2 is 1.85 bits per heavy atom. The van der Waals surface area contributed by atoms with Crippen molar-refractivity contribution in [1.29, 1.82) is 0 Å². The summed E-state index contributed by atoms with van der Waals surface area (Å²) >= 11 is 0. The van der Waals surface area contributed by atoms with Crippen LogP contribution in [0.5, 0.6) is 5.75 Å². The summed E-state index contributed by atoms with van der Waals surface area (Å²) in [5.41, 5.74) is 4.50. The number of aliphatic hydroxyl groups is 1. The molecule has 39 heavy (non-hydrogen) atoms. The van der Waals surface area contributed by atoms with E-state index in [0.717, 1.165) is 38.2 Å². The second kappa shape index (κ2) is 10.1. The Bertz CT molecular complexity index is 1250. The van der Waals surface area contributed by atoms with Gasteiger partial charge in [-0.15, -0.1) is 0 Å². The SMILES string of the molecule is CN(C)c1cc(CNCC2CCNCC2)c(O)c2c1C[C@H]1C[C@H]3CC(=O)C(C(N)=O)C(=O)[C@@]3(O)C(=O)C1C2=O. The molecule has 5 atom stereocenters. The van der Waals surface area contributed by atoms with Gasteiger partial charge in [-0.2, -0.15) is 0 Å². The van der Waals surface area contributed by atoms with E-state index in [1.165, 1.54) is 0 Å². The lowest BCUT2D eigenvalue weighted by molar-refractivity contribution is -0.175. The molecular formula is C28H36N4O7. The Kier molecular flexibility index (Phi) is 7.11. The lowest BCUT2D eigenvalue weighted by Gasteiger charge is -2.48. The zero-order valence-electron chi connectivity index (χ0n) is 22.3. The number of nitrogens with zero attached hydrogens (tertiary/aromatic N) is 1. The highest BCUT2D eigenvalue weighted by atomic mass is 16.3. The first-order valence-electron chi connectivity index (χ1n) is 13.6. The van der Waals surface area contributed by atoms with Crippen LogP contribution in [0.4, 0.5) is 5.69 Å². The van der Waals surface area contributed by atoms with E-state index in [4.69, 9.17) is 5.73 Å². The number of amides is 1. The zero-order chi connectivity index (χ0) is 28.2. The Morgan fingerprint density at radius 1 is 1.15 bits per heavy atom. The molecule has 1 aliphatic heterocycles. The Balaban J connectivity index is 1.49. The fourth-order valence-electron chi connectivity index (χ4n) is 7.10. The minimum absolute atomic E-state index is 0.0299. The number of hydrogen-bond acceptors (Lipinski definition) is 10. The van der Waals surface area contributed by atoms with E-state index in [2.05, 4.69) is 10.6 Å². The first kappa shape index (κ1) is 27.4. The highest BCUT2D eigenvalue weighted by molar-refractivity contribution is 6.31. The van der Waals surface area contributed by atoms with E-state index in [1.807, 2.05) is 25.1 Å². The second-order valence-corrected chi connectivity index (χ2v) is 11.7. The van der Waals surface area contributed by atoms with E-state index >= 15 is 0 Å². The lowest BCUT2D eigenvalue weighted by Crippen LogP contribution is -2.68. The smallest absolute Gasteiger partial charge is 0.235 e. The number of aromatic hydroxyl groups is 1. The molecule has 11 nitrogen and oxygen atoms in total. The van der Waals surface area contributed by atoms with Crippen LogP contribution in [0.1, 0.15) is 47.2 Å². The Labute approximate surface area is 226 Å². The van der Waals surface area contributed by atoms with Crippen molar-refractivity contribution >= 4 is 34.7 Å². The van der Waals surface area contributed by atoms with Gasteiger partial charge in [0, 0.05) is 44.2 Å². The third-order valence-electron chi connectivity index (χ3n) is 9.15. The number of carbonyl (C=O) groups is 5. The predicted molar refractivity (Wildman–Crippen MR) is 140 cm³/mol. The van der Waals surface area contributed by atoms with Gasteiger partial charge in [0.05, 0.1) is 11.5 Å². The number of benzene rings is 1. The van der Waals surface area contributed by atoms with E-state index < -0.39 is 58.3 Å². The van der Waals surface area contributed by atoms with Crippen LogP contribution in [0.15, 0.2) is 6.07 Å². The van der Waals surface area contributed by atoms with Crippen LogP contribution >= 0.6 is 0 Å². The van der Waals surface area contributed by atoms with Gasteiger partial charge in [0.25, 0.3) is 0 Å². The normalized spacial score (nSPS) is 30.9. The summed E-state index contributed by atoms with van der Waals surface area (Å²) in [4.78, 5) is 67.0. The maximum atomic E-state index is 13.9. The van der Waals surface area contributed by atoms with Crippen molar-refractivity contribution in [1.82, 2.24) is 10.6 Å². The van der Waals surface area contributed by atoms with Crippen molar-refractivity contribution in [3.8, 4) is 5.75 Å². The van der Waals surface area contributed by atoms with Gasteiger partial charge in [-0.1, -0.05) is 0 Å².